The van der Waals surface area contributed by atoms with Gasteiger partial charge in [0.2, 0.25) is 0 Å². The van der Waals surface area contributed by atoms with E-state index >= 15 is 0 Å². The number of hydrogen-bond donors (Lipinski definition) is 0. The maximum absolute atomic E-state index is 3.72. The topological polar surface area (TPSA) is 64.5 Å². The second-order valence-corrected chi connectivity index (χ2v) is 2.13. The molecule has 0 N–H and O–H groups in total. The van der Waals surface area contributed by atoms with Crippen molar-refractivity contribution in [3.63, 3.8) is 0 Å². The fourth-order valence-electron chi connectivity index (χ4n) is 0.490. The second kappa shape index (κ2) is 1.66. The van der Waals surface area contributed by atoms with Crippen molar-refractivity contribution in [3.05, 3.63) is 6.20 Å². The van der Waals surface area contributed by atoms with E-state index < -0.39 is 0 Å². The van der Waals surface area contributed by atoms with E-state index in [4.69, 9.17) is 0 Å². The lowest BCUT2D eigenvalue weighted by atomic mass is 10.6. The summed E-state index contributed by atoms with van der Waals surface area (Å²) < 4.78 is 3.65. The molecule has 0 aromatic carbocycles. The van der Waals surface area contributed by atoms with Gasteiger partial charge in [-0.2, -0.15) is 0 Å². The maximum Gasteiger partial charge on any atom is 0.189 e. The predicted molar refractivity (Wildman–Crippen MR) is 30.8 cm³/mol. The highest BCUT2D eigenvalue weighted by Gasteiger charge is 1.95. The minimum absolute atomic E-state index is 0.704. The molecule has 0 unspecified atom stereocenters. The second-order valence-electron chi connectivity index (χ2n) is 1.40. The molecule has 44 valence electrons. The van der Waals surface area contributed by atoms with Gasteiger partial charge in [0, 0.05) is 11.5 Å². The Labute approximate surface area is 53.9 Å². The standard InChI is InChI=1S/C3HN5S/c1-2-3(6-7-4-1)9-8-5-2/h1H. The van der Waals surface area contributed by atoms with E-state index in [-0.39, 0.29) is 0 Å². The first-order chi connectivity index (χ1) is 4.47. The third kappa shape index (κ3) is 0.636. The highest BCUT2D eigenvalue weighted by Crippen LogP contribution is 2.06. The van der Waals surface area contributed by atoms with Gasteiger partial charge in [-0.3, -0.25) is 0 Å². The quantitative estimate of drug-likeness (QED) is 0.509. The van der Waals surface area contributed by atoms with Crippen molar-refractivity contribution in [2.24, 2.45) is 0 Å². The van der Waals surface area contributed by atoms with Gasteiger partial charge in [-0.25, -0.2) is 0 Å². The lowest BCUT2D eigenvalue weighted by molar-refractivity contribution is 0.896. The molecule has 5 nitrogen and oxygen atoms in total. The van der Waals surface area contributed by atoms with Crippen molar-refractivity contribution in [2.45, 2.75) is 0 Å². The van der Waals surface area contributed by atoms with Gasteiger partial charge in [-0.15, -0.1) is 15.3 Å². The lowest BCUT2D eigenvalue weighted by Crippen LogP contribution is -1.82. The average molecular weight is 139 g/mol. The van der Waals surface area contributed by atoms with E-state index in [1.54, 1.807) is 0 Å². The van der Waals surface area contributed by atoms with Crippen LogP contribution in [0.5, 0.6) is 0 Å². The van der Waals surface area contributed by atoms with Crippen LogP contribution in [-0.4, -0.2) is 25.0 Å². The van der Waals surface area contributed by atoms with E-state index in [1.807, 2.05) is 0 Å². The first kappa shape index (κ1) is 4.68. The molecule has 0 radical (unpaired) electrons. The van der Waals surface area contributed by atoms with Gasteiger partial charge in [0.05, 0.1) is 6.20 Å². The molecule has 0 saturated carbocycles. The van der Waals surface area contributed by atoms with Crippen LogP contribution in [0.15, 0.2) is 6.20 Å². The van der Waals surface area contributed by atoms with Crippen molar-refractivity contribution in [1.82, 2.24) is 25.0 Å². The summed E-state index contributed by atoms with van der Waals surface area (Å²) >= 11 is 1.21. The molecule has 6 heteroatoms. The Bertz CT molecular complexity index is 286. The van der Waals surface area contributed by atoms with E-state index in [0.29, 0.717) is 5.52 Å². The molecule has 0 aliphatic carbocycles. The molecular formula is C3HN5S. The Morgan fingerprint density at radius 2 is 2.33 bits per heavy atom. The Morgan fingerprint density at radius 3 is 3.22 bits per heavy atom. The van der Waals surface area contributed by atoms with Gasteiger partial charge >= 0.3 is 0 Å². The summed E-state index contributed by atoms with van der Waals surface area (Å²) in [6.45, 7) is 0. The third-order valence-electron chi connectivity index (χ3n) is 0.862. The number of fused-ring (bicyclic) bond motifs is 1. The average Bonchev–Trinajstić information content (AvgIpc) is 2.33. The number of hydrogen-bond acceptors (Lipinski definition) is 6. The monoisotopic (exact) mass is 139 g/mol. The van der Waals surface area contributed by atoms with E-state index in [1.165, 1.54) is 17.7 Å². The molecule has 0 atom stereocenters. The summed E-state index contributed by atoms with van der Waals surface area (Å²) in [5.41, 5.74) is 0.704. The molecule has 0 spiro atoms. The normalized spacial score (nSPS) is 10.2. The van der Waals surface area contributed by atoms with Gasteiger partial charge in [0.25, 0.3) is 0 Å². The summed E-state index contributed by atoms with van der Waals surface area (Å²) in [5, 5.41) is 14.3. The first-order valence-corrected chi connectivity index (χ1v) is 3.00. The number of aromatic nitrogens is 5. The van der Waals surface area contributed by atoms with Crippen LogP contribution in [0.4, 0.5) is 0 Å². The van der Waals surface area contributed by atoms with Crippen molar-refractivity contribution in [3.8, 4) is 0 Å². The molecule has 2 heterocycles. The molecule has 0 saturated heterocycles. The van der Waals surface area contributed by atoms with Gasteiger partial charge in [0.15, 0.2) is 4.83 Å². The summed E-state index contributed by atoms with van der Waals surface area (Å²) in [6.07, 6.45) is 1.53. The van der Waals surface area contributed by atoms with Crippen molar-refractivity contribution in [1.29, 1.82) is 0 Å². The minimum atomic E-state index is 0.704. The molecule has 0 fully saturated rings. The number of nitrogens with zero attached hydrogens (tertiary/aromatic N) is 5. The molecule has 0 bridgehead atoms. The minimum Gasteiger partial charge on any atom is -0.136 e. The predicted octanol–water partition coefficient (Wildman–Crippen LogP) is -0.124. The van der Waals surface area contributed by atoms with Crippen molar-refractivity contribution >= 4 is 21.9 Å². The Kier molecular flexibility index (Phi) is 0.863. The number of rotatable bonds is 0. The molecule has 0 aliphatic heterocycles. The largest absolute Gasteiger partial charge is 0.189 e. The zero-order valence-corrected chi connectivity index (χ0v) is 5.04. The van der Waals surface area contributed by atoms with Crippen LogP contribution in [0.25, 0.3) is 10.3 Å². The van der Waals surface area contributed by atoms with Crippen LogP contribution < -0.4 is 0 Å². The van der Waals surface area contributed by atoms with Crippen molar-refractivity contribution in [2.75, 3.05) is 0 Å². The molecule has 0 aliphatic rings. The summed E-state index contributed by atoms with van der Waals surface area (Å²) in [4.78, 5) is 0.727. The first-order valence-electron chi connectivity index (χ1n) is 2.23. The van der Waals surface area contributed by atoms with E-state index in [9.17, 15) is 0 Å². The van der Waals surface area contributed by atoms with Crippen LogP contribution in [0.3, 0.4) is 0 Å². The van der Waals surface area contributed by atoms with Gasteiger partial charge in [0.1, 0.15) is 5.52 Å². The lowest BCUT2D eigenvalue weighted by Gasteiger charge is -1.75. The van der Waals surface area contributed by atoms with Gasteiger partial charge in [-0.05, 0) is 5.21 Å². The molecular weight excluding hydrogens is 138 g/mol. The third-order valence-corrected chi connectivity index (χ3v) is 1.49. The van der Waals surface area contributed by atoms with Crippen LogP contribution >= 0.6 is 11.5 Å². The van der Waals surface area contributed by atoms with Gasteiger partial charge in [-0.1, -0.05) is 4.49 Å². The molecule has 2 aromatic heterocycles. The highest BCUT2D eigenvalue weighted by molar-refractivity contribution is 7.12. The zero-order valence-electron chi connectivity index (χ0n) is 4.22. The van der Waals surface area contributed by atoms with Crippen molar-refractivity contribution < 1.29 is 0 Å². The van der Waals surface area contributed by atoms with Crippen LogP contribution in [0.2, 0.25) is 0 Å². The van der Waals surface area contributed by atoms with Crippen LogP contribution in [0, 0.1) is 0 Å². The molecule has 2 rings (SSSR count). The van der Waals surface area contributed by atoms with Crippen LogP contribution in [0.1, 0.15) is 0 Å². The van der Waals surface area contributed by atoms with E-state index in [2.05, 4.69) is 25.0 Å². The molecule has 0 amide bonds. The summed E-state index contributed by atoms with van der Waals surface area (Å²) in [7, 11) is 0. The van der Waals surface area contributed by atoms with Crippen LogP contribution in [-0.2, 0) is 0 Å². The zero-order chi connectivity index (χ0) is 6.10. The molecule has 2 aromatic rings. The SMILES string of the molecule is c1nnnc2snnc12. The smallest absolute Gasteiger partial charge is 0.136 e. The van der Waals surface area contributed by atoms with E-state index in [0.717, 1.165) is 4.83 Å². The fraction of sp³-hybridized carbons (Fsp3) is 0. The Balaban J connectivity index is 2.95. The molecule has 9 heavy (non-hydrogen) atoms. The Hall–Kier alpha value is -1.17. The highest BCUT2D eigenvalue weighted by atomic mass is 32.1. The fourth-order valence-corrected chi connectivity index (χ4v) is 0.956. The van der Waals surface area contributed by atoms with Gasteiger partial charge < -0.3 is 0 Å². The Morgan fingerprint density at radius 1 is 1.33 bits per heavy atom. The summed E-state index contributed by atoms with van der Waals surface area (Å²) in [5.74, 6) is 0. The maximum atomic E-state index is 3.72. The summed E-state index contributed by atoms with van der Waals surface area (Å²) in [6, 6.07) is 0.